The van der Waals surface area contributed by atoms with Gasteiger partial charge in [0.15, 0.2) is 0 Å². The lowest BCUT2D eigenvalue weighted by atomic mass is 10.5. The zero-order valence-electron chi connectivity index (χ0n) is 9.44. The second-order valence-electron chi connectivity index (χ2n) is 2.91. The molecule has 0 atom stereocenters. The van der Waals surface area contributed by atoms with Crippen LogP contribution < -0.4 is 0 Å². The van der Waals surface area contributed by atoms with Crippen LogP contribution in [0.2, 0.25) is 0 Å². The molecule has 0 aromatic carbocycles. The van der Waals surface area contributed by atoms with Crippen LogP contribution in [0.25, 0.3) is 0 Å². The number of rotatable bonds is 12. The molecule has 0 fully saturated rings. The average Bonchev–Trinajstić information content (AvgIpc) is 2.26. The molecule has 0 aliphatic rings. The van der Waals surface area contributed by atoms with Gasteiger partial charge in [-0.15, -0.1) is 0 Å². The first-order chi connectivity index (χ1) is 7.41. The number of methoxy groups -OCH3 is 1. The second-order valence-corrected chi connectivity index (χ2v) is 3.35. The minimum Gasteiger partial charge on any atom is -0.382 e. The van der Waals surface area contributed by atoms with Crippen LogP contribution in [0.1, 0.15) is 6.42 Å². The fourth-order valence-electron chi connectivity index (χ4n) is 0.894. The summed E-state index contributed by atoms with van der Waals surface area (Å²) in [6, 6.07) is 0. The summed E-state index contributed by atoms with van der Waals surface area (Å²) in [5.74, 6) is 0.757. The van der Waals surface area contributed by atoms with Crippen LogP contribution in [0, 0.1) is 0 Å². The van der Waals surface area contributed by atoms with Crippen molar-refractivity contribution in [3.63, 3.8) is 0 Å². The van der Waals surface area contributed by atoms with Gasteiger partial charge in [-0.2, -0.15) is 12.6 Å². The van der Waals surface area contributed by atoms with Crippen LogP contribution in [0.4, 0.5) is 0 Å². The van der Waals surface area contributed by atoms with Crippen molar-refractivity contribution < 1.29 is 18.9 Å². The molecule has 0 spiro atoms. The number of thiol groups is 1. The molecule has 0 aromatic heterocycles. The molecular formula is C10H22O4S. The number of hydrogen-bond donors (Lipinski definition) is 1. The topological polar surface area (TPSA) is 36.9 Å². The van der Waals surface area contributed by atoms with Crippen LogP contribution in [-0.2, 0) is 18.9 Å². The normalized spacial score (nSPS) is 10.8. The first-order valence-corrected chi connectivity index (χ1v) is 5.88. The molecule has 0 rings (SSSR count). The molecule has 0 aliphatic carbocycles. The minimum absolute atomic E-state index is 0.644. The third kappa shape index (κ3) is 14.2. The smallest absolute Gasteiger partial charge is 0.0700 e. The Kier molecular flexibility index (Phi) is 14.4. The van der Waals surface area contributed by atoms with E-state index in [0.29, 0.717) is 33.0 Å². The SMILES string of the molecule is COCCOCCCOCCOCCS. The van der Waals surface area contributed by atoms with E-state index in [0.717, 1.165) is 25.4 Å². The molecule has 0 amide bonds. The van der Waals surface area contributed by atoms with Crippen molar-refractivity contribution in [2.75, 3.05) is 59.1 Å². The molecule has 0 aliphatic heterocycles. The van der Waals surface area contributed by atoms with Crippen LogP contribution in [0.15, 0.2) is 0 Å². The summed E-state index contributed by atoms with van der Waals surface area (Å²) in [5, 5.41) is 0. The summed E-state index contributed by atoms with van der Waals surface area (Å²) in [5.41, 5.74) is 0. The zero-order chi connectivity index (χ0) is 11.2. The van der Waals surface area contributed by atoms with Crippen molar-refractivity contribution in [2.45, 2.75) is 6.42 Å². The predicted molar refractivity (Wildman–Crippen MR) is 62.8 cm³/mol. The van der Waals surface area contributed by atoms with Crippen molar-refractivity contribution in [1.82, 2.24) is 0 Å². The third-order valence-electron chi connectivity index (χ3n) is 1.62. The Morgan fingerprint density at radius 2 is 1.27 bits per heavy atom. The standard InChI is InChI=1S/C10H22O4S/c1-11-5-6-12-3-2-4-13-7-8-14-9-10-15/h15H,2-10H2,1H3. The van der Waals surface area contributed by atoms with E-state index in [1.807, 2.05) is 0 Å². The van der Waals surface area contributed by atoms with E-state index >= 15 is 0 Å². The highest BCUT2D eigenvalue weighted by atomic mass is 32.1. The quantitative estimate of drug-likeness (QED) is 0.406. The molecule has 0 unspecified atom stereocenters. The number of hydrogen-bond acceptors (Lipinski definition) is 5. The van der Waals surface area contributed by atoms with E-state index in [9.17, 15) is 0 Å². The first kappa shape index (κ1) is 15.2. The monoisotopic (exact) mass is 238 g/mol. The van der Waals surface area contributed by atoms with Gasteiger partial charge in [-0.05, 0) is 6.42 Å². The van der Waals surface area contributed by atoms with E-state index < -0.39 is 0 Å². The lowest BCUT2D eigenvalue weighted by Gasteiger charge is -2.05. The molecule has 0 N–H and O–H groups in total. The molecule has 0 radical (unpaired) electrons. The van der Waals surface area contributed by atoms with Gasteiger partial charge in [0.05, 0.1) is 33.0 Å². The lowest BCUT2D eigenvalue weighted by Crippen LogP contribution is -2.09. The molecule has 0 heterocycles. The molecule has 0 aromatic rings. The minimum atomic E-state index is 0.644. The zero-order valence-corrected chi connectivity index (χ0v) is 10.3. The molecule has 92 valence electrons. The van der Waals surface area contributed by atoms with Gasteiger partial charge in [0.1, 0.15) is 0 Å². The highest BCUT2D eigenvalue weighted by Gasteiger charge is 1.91. The Bertz CT molecular complexity index is 102. The average molecular weight is 238 g/mol. The summed E-state index contributed by atoms with van der Waals surface area (Å²) in [7, 11) is 1.66. The van der Waals surface area contributed by atoms with Crippen molar-refractivity contribution in [2.24, 2.45) is 0 Å². The highest BCUT2D eigenvalue weighted by Crippen LogP contribution is 1.86. The fourth-order valence-corrected chi connectivity index (χ4v) is 1.02. The van der Waals surface area contributed by atoms with Gasteiger partial charge in [0.25, 0.3) is 0 Å². The summed E-state index contributed by atoms with van der Waals surface area (Å²) < 4.78 is 20.6. The van der Waals surface area contributed by atoms with Gasteiger partial charge in [-0.1, -0.05) is 0 Å². The first-order valence-electron chi connectivity index (χ1n) is 5.25. The summed E-state index contributed by atoms with van der Waals surface area (Å²) in [6.45, 7) is 4.72. The summed E-state index contributed by atoms with van der Waals surface area (Å²) >= 11 is 4.03. The van der Waals surface area contributed by atoms with Crippen LogP contribution >= 0.6 is 12.6 Å². The Morgan fingerprint density at radius 3 is 1.80 bits per heavy atom. The molecule has 0 bridgehead atoms. The molecular weight excluding hydrogens is 216 g/mol. The Morgan fingerprint density at radius 1 is 0.733 bits per heavy atom. The maximum atomic E-state index is 5.33. The largest absolute Gasteiger partial charge is 0.382 e. The van der Waals surface area contributed by atoms with Gasteiger partial charge in [-0.3, -0.25) is 0 Å². The van der Waals surface area contributed by atoms with Gasteiger partial charge >= 0.3 is 0 Å². The van der Waals surface area contributed by atoms with E-state index in [1.165, 1.54) is 0 Å². The van der Waals surface area contributed by atoms with Gasteiger partial charge in [0, 0.05) is 26.1 Å². The molecule has 4 nitrogen and oxygen atoms in total. The van der Waals surface area contributed by atoms with E-state index in [4.69, 9.17) is 18.9 Å². The molecule has 0 saturated carbocycles. The Hall–Kier alpha value is 0.190. The van der Waals surface area contributed by atoms with Crippen LogP contribution in [-0.4, -0.2) is 59.1 Å². The molecule has 5 heteroatoms. The van der Waals surface area contributed by atoms with Gasteiger partial charge < -0.3 is 18.9 Å². The Labute approximate surface area is 97.6 Å². The van der Waals surface area contributed by atoms with E-state index in [-0.39, 0.29) is 0 Å². The van der Waals surface area contributed by atoms with E-state index in [1.54, 1.807) is 7.11 Å². The summed E-state index contributed by atoms with van der Waals surface area (Å²) in [4.78, 5) is 0. The van der Waals surface area contributed by atoms with Crippen molar-refractivity contribution in [3.8, 4) is 0 Å². The van der Waals surface area contributed by atoms with Crippen molar-refractivity contribution >= 4 is 12.6 Å². The van der Waals surface area contributed by atoms with Crippen molar-refractivity contribution in [1.29, 1.82) is 0 Å². The third-order valence-corrected chi connectivity index (χ3v) is 1.80. The van der Waals surface area contributed by atoms with Crippen molar-refractivity contribution in [3.05, 3.63) is 0 Å². The fraction of sp³-hybridized carbons (Fsp3) is 1.00. The molecule has 0 saturated heterocycles. The summed E-state index contributed by atoms with van der Waals surface area (Å²) in [6.07, 6.45) is 0.913. The van der Waals surface area contributed by atoms with Crippen LogP contribution in [0.5, 0.6) is 0 Å². The van der Waals surface area contributed by atoms with Crippen LogP contribution in [0.3, 0.4) is 0 Å². The Balaban J connectivity index is 2.81. The maximum Gasteiger partial charge on any atom is 0.0700 e. The highest BCUT2D eigenvalue weighted by molar-refractivity contribution is 7.80. The lowest BCUT2D eigenvalue weighted by molar-refractivity contribution is 0.0310. The molecule has 15 heavy (non-hydrogen) atoms. The maximum absolute atomic E-state index is 5.33. The van der Waals surface area contributed by atoms with Gasteiger partial charge in [-0.25, -0.2) is 0 Å². The van der Waals surface area contributed by atoms with E-state index in [2.05, 4.69) is 12.6 Å². The number of ether oxygens (including phenoxy) is 4. The second kappa shape index (κ2) is 14.2. The predicted octanol–water partition coefficient (Wildman–Crippen LogP) is 1.00. The van der Waals surface area contributed by atoms with Gasteiger partial charge in [0.2, 0.25) is 0 Å².